The monoisotopic (exact) mass is 611 g/mol. The van der Waals surface area contributed by atoms with Crippen LogP contribution in [0.15, 0.2) is 88.2 Å². The molecule has 10 heteroatoms. The summed E-state index contributed by atoms with van der Waals surface area (Å²) in [5.74, 6) is -1.57. The minimum Gasteiger partial charge on any atom is -0.354 e. The molecule has 3 amide bonds. The van der Waals surface area contributed by atoms with Gasteiger partial charge in [0.25, 0.3) is 15.9 Å². The molecular weight excluding hydrogens is 582 g/mol. The summed E-state index contributed by atoms with van der Waals surface area (Å²) in [5.41, 5.74) is 1.62. The first kappa shape index (κ1) is 28.5. The molecule has 3 aromatic carbocycles. The van der Waals surface area contributed by atoms with Crippen molar-refractivity contribution in [2.45, 2.75) is 37.8 Å². The summed E-state index contributed by atoms with van der Waals surface area (Å²) in [7, 11) is -4.20. The summed E-state index contributed by atoms with van der Waals surface area (Å²) >= 11 is 3.41. The molecule has 3 aromatic rings. The van der Waals surface area contributed by atoms with Gasteiger partial charge in [0.2, 0.25) is 11.8 Å². The lowest BCUT2D eigenvalue weighted by Crippen LogP contribution is -2.53. The molecule has 0 spiro atoms. The Hall–Kier alpha value is -3.50. The highest BCUT2D eigenvalue weighted by Crippen LogP contribution is 2.30. The van der Waals surface area contributed by atoms with Crippen molar-refractivity contribution in [3.8, 4) is 0 Å². The molecule has 0 fully saturated rings. The zero-order valence-electron chi connectivity index (χ0n) is 21.7. The lowest BCUT2D eigenvalue weighted by Gasteiger charge is -2.32. The summed E-state index contributed by atoms with van der Waals surface area (Å²) in [6.45, 7) is 3.69. The number of sulfonamides is 1. The molecular formula is C29H30BrN3O5S. The predicted molar refractivity (Wildman–Crippen MR) is 151 cm³/mol. The maximum Gasteiger partial charge on any atom is 0.269 e. The second-order valence-corrected chi connectivity index (χ2v) is 12.6. The van der Waals surface area contributed by atoms with Crippen LogP contribution in [0.3, 0.4) is 0 Å². The van der Waals surface area contributed by atoms with E-state index < -0.39 is 34.4 Å². The van der Waals surface area contributed by atoms with Gasteiger partial charge in [-0.15, -0.1) is 0 Å². The van der Waals surface area contributed by atoms with E-state index in [0.717, 1.165) is 15.6 Å². The predicted octanol–water partition coefficient (Wildman–Crippen LogP) is 4.01. The first-order valence-electron chi connectivity index (χ1n) is 12.6. The van der Waals surface area contributed by atoms with E-state index in [0.29, 0.717) is 10.8 Å². The fourth-order valence-electron chi connectivity index (χ4n) is 4.36. The van der Waals surface area contributed by atoms with Gasteiger partial charge in [0.05, 0.1) is 5.56 Å². The van der Waals surface area contributed by atoms with Crippen LogP contribution < -0.4 is 5.32 Å². The smallest absolute Gasteiger partial charge is 0.269 e. The third kappa shape index (κ3) is 6.57. The molecule has 1 atom stereocenters. The number of carbonyl (C=O) groups excluding carboxylic acids is 3. The SMILES string of the molecule is CC(C)CNC(=O)C(Cc1ccccc1)N(Cc1ccc(Br)cc1)C(=O)CN1C(=O)c2ccccc2S1(=O)=O. The van der Waals surface area contributed by atoms with Crippen molar-refractivity contribution < 1.29 is 22.8 Å². The lowest BCUT2D eigenvalue weighted by atomic mass is 10.0. The van der Waals surface area contributed by atoms with Gasteiger partial charge < -0.3 is 10.2 Å². The third-order valence-electron chi connectivity index (χ3n) is 6.41. The standard InChI is InChI=1S/C29H30BrN3O5S/c1-20(2)17-31-28(35)25(16-21-8-4-3-5-9-21)32(18-22-12-14-23(30)15-13-22)27(34)19-33-29(36)24-10-6-7-11-26(24)39(33,37)38/h3-15,20,25H,16-19H2,1-2H3,(H,31,35). The Morgan fingerprint density at radius 3 is 2.21 bits per heavy atom. The van der Waals surface area contributed by atoms with Crippen LogP contribution in [-0.4, -0.2) is 54.5 Å². The van der Waals surface area contributed by atoms with Gasteiger partial charge >= 0.3 is 0 Å². The zero-order valence-corrected chi connectivity index (χ0v) is 24.1. The van der Waals surface area contributed by atoms with Crippen molar-refractivity contribution in [2.75, 3.05) is 13.1 Å². The van der Waals surface area contributed by atoms with Crippen LogP contribution in [0.4, 0.5) is 0 Å². The van der Waals surface area contributed by atoms with E-state index in [4.69, 9.17) is 0 Å². The van der Waals surface area contributed by atoms with Crippen LogP contribution in [0.5, 0.6) is 0 Å². The van der Waals surface area contributed by atoms with Gasteiger partial charge in [0, 0.05) is 24.0 Å². The van der Waals surface area contributed by atoms with E-state index in [9.17, 15) is 22.8 Å². The number of hydrogen-bond donors (Lipinski definition) is 1. The lowest BCUT2D eigenvalue weighted by molar-refractivity contribution is -0.141. The van der Waals surface area contributed by atoms with Crippen LogP contribution >= 0.6 is 15.9 Å². The molecule has 0 radical (unpaired) electrons. The van der Waals surface area contributed by atoms with Crippen molar-refractivity contribution in [3.63, 3.8) is 0 Å². The normalized spacial score (nSPS) is 14.7. The van der Waals surface area contributed by atoms with E-state index in [1.165, 1.54) is 23.1 Å². The Bertz CT molecular complexity index is 1460. The van der Waals surface area contributed by atoms with Gasteiger partial charge in [-0.25, -0.2) is 12.7 Å². The quantitative estimate of drug-likeness (QED) is 0.373. The summed E-state index contributed by atoms with van der Waals surface area (Å²) < 4.78 is 27.8. The highest BCUT2D eigenvalue weighted by Gasteiger charge is 2.43. The maximum atomic E-state index is 13.9. The van der Waals surface area contributed by atoms with Gasteiger partial charge in [-0.2, -0.15) is 0 Å². The minimum atomic E-state index is -4.20. The van der Waals surface area contributed by atoms with E-state index in [1.54, 1.807) is 6.07 Å². The topological polar surface area (TPSA) is 104 Å². The average Bonchev–Trinajstić information content (AvgIpc) is 3.11. The highest BCUT2D eigenvalue weighted by molar-refractivity contribution is 9.10. The number of hydrogen-bond acceptors (Lipinski definition) is 5. The van der Waals surface area contributed by atoms with Crippen molar-refractivity contribution >= 4 is 43.7 Å². The zero-order chi connectivity index (χ0) is 28.2. The fraction of sp³-hybridized carbons (Fsp3) is 0.276. The number of amides is 3. The highest BCUT2D eigenvalue weighted by atomic mass is 79.9. The van der Waals surface area contributed by atoms with Gasteiger partial charge in [-0.1, -0.05) is 84.4 Å². The molecule has 0 saturated heterocycles. The Balaban J connectivity index is 1.70. The molecule has 204 valence electrons. The number of benzene rings is 3. The number of carbonyl (C=O) groups is 3. The Kier molecular flexibility index (Phi) is 8.87. The molecule has 1 heterocycles. The molecule has 1 aliphatic heterocycles. The van der Waals surface area contributed by atoms with Gasteiger partial charge in [-0.05, 0) is 41.3 Å². The molecule has 1 unspecified atom stereocenters. The molecule has 39 heavy (non-hydrogen) atoms. The Morgan fingerprint density at radius 2 is 1.56 bits per heavy atom. The van der Waals surface area contributed by atoms with E-state index in [2.05, 4.69) is 21.2 Å². The van der Waals surface area contributed by atoms with Gasteiger partial charge in [-0.3, -0.25) is 14.4 Å². The molecule has 0 saturated carbocycles. The maximum absolute atomic E-state index is 13.9. The minimum absolute atomic E-state index is 0.0280. The first-order valence-corrected chi connectivity index (χ1v) is 14.8. The molecule has 0 aliphatic carbocycles. The number of nitrogens with zero attached hydrogens (tertiary/aromatic N) is 2. The van der Waals surface area contributed by atoms with E-state index in [1.807, 2.05) is 68.4 Å². The molecule has 4 rings (SSSR count). The van der Waals surface area contributed by atoms with Crippen LogP contribution in [0.2, 0.25) is 0 Å². The number of fused-ring (bicyclic) bond motifs is 1. The molecule has 8 nitrogen and oxygen atoms in total. The fourth-order valence-corrected chi connectivity index (χ4v) is 6.15. The summed E-state index contributed by atoms with van der Waals surface area (Å²) in [5, 5.41) is 2.93. The average molecular weight is 613 g/mol. The molecule has 1 aliphatic rings. The second-order valence-electron chi connectivity index (χ2n) is 9.81. The number of rotatable bonds is 10. The largest absolute Gasteiger partial charge is 0.354 e. The van der Waals surface area contributed by atoms with Crippen LogP contribution in [0.1, 0.15) is 35.3 Å². The summed E-state index contributed by atoms with van der Waals surface area (Å²) in [6, 6.07) is 21.6. The number of halogens is 1. The Morgan fingerprint density at radius 1 is 0.923 bits per heavy atom. The van der Waals surface area contributed by atoms with E-state index in [-0.39, 0.29) is 35.2 Å². The van der Waals surface area contributed by atoms with E-state index >= 15 is 0 Å². The molecule has 1 N–H and O–H groups in total. The molecule has 0 bridgehead atoms. The van der Waals surface area contributed by atoms with Crippen molar-refractivity contribution in [2.24, 2.45) is 5.92 Å². The van der Waals surface area contributed by atoms with Crippen LogP contribution in [0, 0.1) is 5.92 Å². The number of nitrogens with one attached hydrogen (secondary N) is 1. The summed E-state index contributed by atoms with van der Waals surface area (Å²) in [6.07, 6.45) is 0.216. The van der Waals surface area contributed by atoms with Gasteiger partial charge in [0.15, 0.2) is 0 Å². The second kappa shape index (κ2) is 12.1. The Labute approximate surface area is 237 Å². The van der Waals surface area contributed by atoms with Crippen LogP contribution in [-0.2, 0) is 32.6 Å². The molecule has 0 aromatic heterocycles. The van der Waals surface area contributed by atoms with Gasteiger partial charge in [0.1, 0.15) is 17.5 Å². The first-order chi connectivity index (χ1) is 18.6. The van der Waals surface area contributed by atoms with Crippen molar-refractivity contribution in [1.29, 1.82) is 0 Å². The third-order valence-corrected chi connectivity index (χ3v) is 8.73. The van der Waals surface area contributed by atoms with Crippen molar-refractivity contribution in [3.05, 3.63) is 100 Å². The van der Waals surface area contributed by atoms with Crippen LogP contribution in [0.25, 0.3) is 0 Å². The van der Waals surface area contributed by atoms with Crippen molar-refractivity contribution in [1.82, 2.24) is 14.5 Å². The summed E-state index contributed by atoms with van der Waals surface area (Å²) in [4.78, 5) is 41.7.